The Hall–Kier alpha value is -2.54. The largest absolute Gasteiger partial charge is 0.497 e. The van der Waals surface area contributed by atoms with Gasteiger partial charge < -0.3 is 19.0 Å². The summed E-state index contributed by atoms with van der Waals surface area (Å²) < 4.78 is 16.9. The molecule has 0 fully saturated rings. The molecule has 0 amide bonds. The minimum Gasteiger partial charge on any atom is -0.497 e. The molecule has 1 atom stereocenters. The van der Waals surface area contributed by atoms with Crippen molar-refractivity contribution < 1.29 is 23.8 Å². The molecule has 0 aromatic heterocycles. The van der Waals surface area contributed by atoms with E-state index in [9.17, 15) is 4.79 Å². The van der Waals surface area contributed by atoms with Crippen LogP contribution >= 0.6 is 15.9 Å². The van der Waals surface area contributed by atoms with E-state index in [2.05, 4.69) is 21.1 Å². The van der Waals surface area contributed by atoms with Gasteiger partial charge in [-0.15, -0.1) is 0 Å². The van der Waals surface area contributed by atoms with Crippen LogP contribution in [0.1, 0.15) is 29.3 Å². The molecule has 0 unspecified atom stereocenters. The summed E-state index contributed by atoms with van der Waals surface area (Å²) in [6.45, 7) is 1.93. The second-order valence-corrected chi connectivity index (χ2v) is 6.62. The maximum absolute atomic E-state index is 12.3. The molecule has 136 valence electrons. The number of ether oxygens (including phenoxy) is 3. The van der Waals surface area contributed by atoms with E-state index in [1.165, 1.54) is 0 Å². The van der Waals surface area contributed by atoms with Crippen LogP contribution in [-0.4, -0.2) is 32.0 Å². The standard InChI is InChI=1S/C19H18BrNO5/c1-11-8-16(14-6-5-13(23-2)10-18(14)25-11)21-26-19(22)12-4-7-17(24-3)15(20)9-12/h4-7,9-11H,8H2,1-3H3/b21-16+/t11-/m0/s1. The SMILES string of the molecule is COc1ccc2c(c1)O[C@@H](C)C/C2=N\OC(=O)c1ccc(OC)c(Br)c1. The minimum atomic E-state index is -0.546. The van der Waals surface area contributed by atoms with Crippen molar-refractivity contribution in [2.45, 2.75) is 19.4 Å². The molecular weight excluding hydrogens is 402 g/mol. The van der Waals surface area contributed by atoms with Gasteiger partial charge in [0.05, 0.1) is 30.0 Å². The van der Waals surface area contributed by atoms with Gasteiger partial charge in [-0.2, -0.15) is 0 Å². The quantitative estimate of drug-likeness (QED) is 0.548. The van der Waals surface area contributed by atoms with E-state index in [4.69, 9.17) is 19.0 Å². The Kier molecular flexibility index (Phi) is 5.46. The van der Waals surface area contributed by atoms with Crippen molar-refractivity contribution in [1.29, 1.82) is 0 Å². The highest BCUT2D eigenvalue weighted by atomic mass is 79.9. The van der Waals surface area contributed by atoms with Crippen molar-refractivity contribution in [2.75, 3.05) is 14.2 Å². The van der Waals surface area contributed by atoms with Gasteiger partial charge in [0, 0.05) is 18.1 Å². The summed E-state index contributed by atoms with van der Waals surface area (Å²) >= 11 is 3.35. The fraction of sp³-hybridized carbons (Fsp3) is 0.263. The van der Waals surface area contributed by atoms with Crippen LogP contribution in [-0.2, 0) is 4.84 Å². The number of hydrogen-bond donors (Lipinski definition) is 0. The van der Waals surface area contributed by atoms with Crippen LogP contribution in [0, 0.1) is 0 Å². The first-order valence-electron chi connectivity index (χ1n) is 7.98. The maximum atomic E-state index is 12.3. The Morgan fingerprint density at radius 1 is 1.19 bits per heavy atom. The van der Waals surface area contributed by atoms with Crippen LogP contribution in [0.2, 0.25) is 0 Å². The summed E-state index contributed by atoms with van der Waals surface area (Å²) in [7, 11) is 3.15. The first-order valence-corrected chi connectivity index (χ1v) is 8.78. The van der Waals surface area contributed by atoms with Crippen molar-refractivity contribution in [3.05, 3.63) is 52.0 Å². The van der Waals surface area contributed by atoms with E-state index in [1.54, 1.807) is 38.5 Å². The summed E-state index contributed by atoms with van der Waals surface area (Å²) in [6, 6.07) is 10.4. The number of halogens is 1. The van der Waals surface area contributed by atoms with Gasteiger partial charge in [-0.05, 0) is 53.2 Å². The van der Waals surface area contributed by atoms with Gasteiger partial charge in [0.15, 0.2) is 0 Å². The highest BCUT2D eigenvalue weighted by Crippen LogP contribution is 2.32. The first-order chi connectivity index (χ1) is 12.5. The van der Waals surface area contributed by atoms with Gasteiger partial charge in [0.2, 0.25) is 0 Å². The first kappa shape index (κ1) is 18.3. The van der Waals surface area contributed by atoms with Gasteiger partial charge in [-0.3, -0.25) is 0 Å². The lowest BCUT2D eigenvalue weighted by atomic mass is 10.0. The number of carbonyl (C=O) groups excluding carboxylic acids is 1. The molecule has 0 bridgehead atoms. The summed E-state index contributed by atoms with van der Waals surface area (Å²) in [5, 5.41) is 4.08. The Bertz CT molecular complexity index is 865. The smallest absolute Gasteiger partial charge is 0.365 e. The highest BCUT2D eigenvalue weighted by Gasteiger charge is 2.24. The number of fused-ring (bicyclic) bond motifs is 1. The predicted molar refractivity (Wildman–Crippen MR) is 100 cm³/mol. The molecule has 2 aromatic carbocycles. The topological polar surface area (TPSA) is 66.3 Å². The van der Waals surface area contributed by atoms with E-state index >= 15 is 0 Å². The summed E-state index contributed by atoms with van der Waals surface area (Å²) in [5.74, 6) is 1.44. The normalized spacial score (nSPS) is 17.2. The van der Waals surface area contributed by atoms with Crippen molar-refractivity contribution in [3.8, 4) is 17.2 Å². The number of oxime groups is 1. The number of nitrogens with zero attached hydrogens (tertiary/aromatic N) is 1. The summed E-state index contributed by atoms with van der Waals surface area (Å²) in [6.07, 6.45) is 0.459. The zero-order chi connectivity index (χ0) is 18.7. The van der Waals surface area contributed by atoms with Crippen LogP contribution < -0.4 is 14.2 Å². The van der Waals surface area contributed by atoms with Gasteiger partial charge >= 0.3 is 5.97 Å². The van der Waals surface area contributed by atoms with E-state index in [0.717, 1.165) is 5.56 Å². The third kappa shape index (κ3) is 3.83. The fourth-order valence-electron chi connectivity index (χ4n) is 2.64. The van der Waals surface area contributed by atoms with Crippen molar-refractivity contribution in [1.82, 2.24) is 0 Å². The molecule has 0 N–H and O–H groups in total. The molecule has 3 rings (SSSR count). The van der Waals surface area contributed by atoms with Crippen molar-refractivity contribution in [3.63, 3.8) is 0 Å². The molecule has 1 heterocycles. The number of rotatable bonds is 4. The molecule has 0 saturated carbocycles. The summed E-state index contributed by atoms with van der Waals surface area (Å²) in [5.41, 5.74) is 1.81. The van der Waals surface area contributed by atoms with E-state index in [-0.39, 0.29) is 6.10 Å². The second kappa shape index (κ2) is 7.78. The third-order valence-electron chi connectivity index (χ3n) is 3.93. The molecule has 0 saturated heterocycles. The zero-order valence-electron chi connectivity index (χ0n) is 14.6. The number of methoxy groups -OCH3 is 2. The van der Waals surface area contributed by atoms with Gasteiger partial charge in [0.1, 0.15) is 23.4 Å². The fourth-order valence-corrected chi connectivity index (χ4v) is 3.18. The van der Waals surface area contributed by atoms with Gasteiger partial charge in [-0.1, -0.05) is 5.16 Å². The highest BCUT2D eigenvalue weighted by molar-refractivity contribution is 9.10. The van der Waals surface area contributed by atoms with E-state index in [1.807, 2.05) is 19.1 Å². The lowest BCUT2D eigenvalue weighted by Gasteiger charge is -2.24. The van der Waals surface area contributed by atoms with Crippen LogP contribution in [0.15, 0.2) is 46.0 Å². The molecule has 0 spiro atoms. The Morgan fingerprint density at radius 3 is 2.69 bits per heavy atom. The molecule has 26 heavy (non-hydrogen) atoms. The molecule has 0 aliphatic carbocycles. The average molecular weight is 420 g/mol. The third-order valence-corrected chi connectivity index (χ3v) is 4.55. The van der Waals surface area contributed by atoms with Gasteiger partial charge in [-0.25, -0.2) is 4.79 Å². The monoisotopic (exact) mass is 419 g/mol. The van der Waals surface area contributed by atoms with Crippen molar-refractivity contribution >= 4 is 27.6 Å². The van der Waals surface area contributed by atoms with Gasteiger partial charge in [0.25, 0.3) is 0 Å². The lowest BCUT2D eigenvalue weighted by molar-refractivity contribution is 0.0513. The minimum absolute atomic E-state index is 0.0813. The molecule has 7 heteroatoms. The van der Waals surface area contributed by atoms with Crippen LogP contribution in [0.5, 0.6) is 17.2 Å². The Balaban J connectivity index is 1.82. The van der Waals surface area contributed by atoms with Crippen LogP contribution in [0.4, 0.5) is 0 Å². The molecular formula is C19H18BrNO5. The van der Waals surface area contributed by atoms with E-state index < -0.39 is 5.97 Å². The lowest BCUT2D eigenvalue weighted by Crippen LogP contribution is -2.25. The molecule has 1 aliphatic heterocycles. The zero-order valence-corrected chi connectivity index (χ0v) is 16.2. The molecule has 1 aliphatic rings. The molecule has 2 aromatic rings. The maximum Gasteiger partial charge on any atom is 0.365 e. The number of benzene rings is 2. The summed E-state index contributed by atoms with van der Waals surface area (Å²) in [4.78, 5) is 17.4. The van der Waals surface area contributed by atoms with Crippen LogP contribution in [0.3, 0.4) is 0 Å². The average Bonchev–Trinajstić information content (AvgIpc) is 2.64. The number of hydrogen-bond acceptors (Lipinski definition) is 6. The molecule has 6 nitrogen and oxygen atoms in total. The second-order valence-electron chi connectivity index (χ2n) is 5.76. The number of carbonyl (C=O) groups is 1. The predicted octanol–water partition coefficient (Wildman–Crippen LogP) is 4.20. The Labute approximate surface area is 159 Å². The van der Waals surface area contributed by atoms with Crippen LogP contribution in [0.25, 0.3) is 0 Å². The van der Waals surface area contributed by atoms with E-state index in [0.29, 0.717) is 39.4 Å². The Morgan fingerprint density at radius 2 is 2.00 bits per heavy atom. The van der Waals surface area contributed by atoms with Crippen molar-refractivity contribution in [2.24, 2.45) is 5.16 Å². The molecule has 0 radical (unpaired) electrons.